The lowest BCUT2D eigenvalue weighted by Crippen LogP contribution is -2.30. The topological polar surface area (TPSA) is 66.5 Å². The van der Waals surface area contributed by atoms with E-state index in [9.17, 15) is 13.2 Å². The Morgan fingerprint density at radius 3 is 2.44 bits per heavy atom. The predicted molar refractivity (Wildman–Crippen MR) is 96.8 cm³/mol. The Balaban J connectivity index is 1.81. The zero-order valence-electron chi connectivity index (χ0n) is 14.2. The molecular weight excluding hydrogens is 336 g/mol. The summed E-state index contributed by atoms with van der Waals surface area (Å²) in [7, 11) is -3.50. The molecule has 0 aromatic heterocycles. The second-order valence-corrected chi connectivity index (χ2v) is 7.86. The summed E-state index contributed by atoms with van der Waals surface area (Å²) in [6, 6.07) is 16.3. The predicted octanol–water partition coefficient (Wildman–Crippen LogP) is 2.96. The molecule has 1 aliphatic rings. The molecule has 5 nitrogen and oxygen atoms in total. The normalized spacial score (nSPS) is 17.6. The van der Waals surface area contributed by atoms with Crippen LogP contribution in [0, 0.1) is 0 Å². The molecule has 1 saturated heterocycles. The number of benzene rings is 2. The zero-order chi connectivity index (χ0) is 17.9. The van der Waals surface area contributed by atoms with Crippen LogP contribution in [0.3, 0.4) is 0 Å². The summed E-state index contributed by atoms with van der Waals surface area (Å²) in [6.07, 6.45) is 1.92. The SMILES string of the molecule is CCNS(=O)(=O)c1ccc(C(=O)N2CCCC2c2ccccc2)cc1. The van der Waals surface area contributed by atoms with Crippen molar-refractivity contribution in [2.45, 2.75) is 30.7 Å². The van der Waals surface area contributed by atoms with E-state index in [-0.39, 0.29) is 16.8 Å². The van der Waals surface area contributed by atoms with Crippen LogP contribution in [-0.4, -0.2) is 32.3 Å². The highest BCUT2D eigenvalue weighted by molar-refractivity contribution is 7.89. The van der Waals surface area contributed by atoms with Gasteiger partial charge in [-0.2, -0.15) is 0 Å². The van der Waals surface area contributed by atoms with Gasteiger partial charge in [-0.25, -0.2) is 13.1 Å². The van der Waals surface area contributed by atoms with Gasteiger partial charge < -0.3 is 4.90 Å². The number of rotatable bonds is 5. The lowest BCUT2D eigenvalue weighted by atomic mass is 10.0. The van der Waals surface area contributed by atoms with Crippen LogP contribution in [0.4, 0.5) is 0 Å². The smallest absolute Gasteiger partial charge is 0.254 e. The van der Waals surface area contributed by atoms with E-state index < -0.39 is 10.0 Å². The summed E-state index contributed by atoms with van der Waals surface area (Å²) >= 11 is 0. The highest BCUT2D eigenvalue weighted by atomic mass is 32.2. The van der Waals surface area contributed by atoms with Gasteiger partial charge in [-0.15, -0.1) is 0 Å². The van der Waals surface area contributed by atoms with Gasteiger partial charge in [0.15, 0.2) is 0 Å². The van der Waals surface area contributed by atoms with Crippen LogP contribution in [0.1, 0.15) is 41.7 Å². The number of nitrogens with zero attached hydrogens (tertiary/aromatic N) is 1. The number of carbonyl (C=O) groups is 1. The second-order valence-electron chi connectivity index (χ2n) is 6.09. The van der Waals surface area contributed by atoms with E-state index in [0.717, 1.165) is 24.9 Å². The highest BCUT2D eigenvalue weighted by Gasteiger charge is 2.30. The van der Waals surface area contributed by atoms with Crippen molar-refractivity contribution in [1.29, 1.82) is 0 Å². The number of likely N-dealkylation sites (tertiary alicyclic amines) is 1. The fourth-order valence-corrected chi connectivity index (χ4v) is 4.29. The zero-order valence-corrected chi connectivity index (χ0v) is 15.0. The number of hydrogen-bond donors (Lipinski definition) is 1. The minimum atomic E-state index is -3.50. The Hall–Kier alpha value is -2.18. The van der Waals surface area contributed by atoms with Gasteiger partial charge in [0.1, 0.15) is 0 Å². The standard InChI is InChI=1S/C19H22N2O3S/c1-2-20-25(23,24)17-12-10-16(11-13-17)19(22)21-14-6-9-18(21)15-7-4-3-5-8-15/h3-5,7-8,10-13,18,20H,2,6,9,14H2,1H3. The first-order valence-electron chi connectivity index (χ1n) is 8.48. The summed E-state index contributed by atoms with van der Waals surface area (Å²) in [5.41, 5.74) is 1.65. The molecule has 0 aliphatic carbocycles. The second kappa shape index (κ2) is 7.37. The first kappa shape index (κ1) is 17.6. The van der Waals surface area contributed by atoms with Crippen LogP contribution in [-0.2, 0) is 10.0 Å². The van der Waals surface area contributed by atoms with Crippen LogP contribution in [0.25, 0.3) is 0 Å². The molecular formula is C19H22N2O3S. The van der Waals surface area contributed by atoms with Crippen molar-refractivity contribution in [2.75, 3.05) is 13.1 Å². The summed E-state index contributed by atoms with van der Waals surface area (Å²) in [5.74, 6) is -0.0567. The van der Waals surface area contributed by atoms with Crippen molar-refractivity contribution in [3.8, 4) is 0 Å². The van der Waals surface area contributed by atoms with E-state index in [0.29, 0.717) is 12.1 Å². The molecule has 25 heavy (non-hydrogen) atoms. The Kier molecular flexibility index (Phi) is 5.20. The van der Waals surface area contributed by atoms with Gasteiger partial charge in [-0.1, -0.05) is 37.3 Å². The first-order valence-corrected chi connectivity index (χ1v) is 9.97. The number of nitrogens with one attached hydrogen (secondary N) is 1. The largest absolute Gasteiger partial charge is 0.332 e. The highest BCUT2D eigenvalue weighted by Crippen LogP contribution is 2.33. The molecule has 0 saturated carbocycles. The monoisotopic (exact) mass is 358 g/mol. The lowest BCUT2D eigenvalue weighted by Gasteiger charge is -2.25. The minimum Gasteiger partial charge on any atom is -0.332 e. The molecule has 1 atom stereocenters. The molecule has 2 aromatic rings. The third-order valence-corrected chi connectivity index (χ3v) is 6.01. The van der Waals surface area contributed by atoms with Gasteiger partial charge >= 0.3 is 0 Å². The molecule has 2 aromatic carbocycles. The van der Waals surface area contributed by atoms with Crippen molar-refractivity contribution < 1.29 is 13.2 Å². The molecule has 1 heterocycles. The van der Waals surface area contributed by atoms with Crippen molar-refractivity contribution in [2.24, 2.45) is 0 Å². The van der Waals surface area contributed by atoms with Crippen molar-refractivity contribution >= 4 is 15.9 Å². The fourth-order valence-electron chi connectivity index (χ4n) is 3.25. The number of amides is 1. The maximum absolute atomic E-state index is 12.9. The molecule has 0 bridgehead atoms. The van der Waals surface area contributed by atoms with E-state index >= 15 is 0 Å². The average molecular weight is 358 g/mol. The minimum absolute atomic E-state index is 0.0567. The molecule has 1 unspecified atom stereocenters. The van der Waals surface area contributed by atoms with E-state index in [1.54, 1.807) is 19.1 Å². The quantitative estimate of drug-likeness (QED) is 0.894. The summed E-state index contributed by atoms with van der Waals surface area (Å²) < 4.78 is 26.4. The maximum atomic E-state index is 12.9. The first-order chi connectivity index (χ1) is 12.0. The molecule has 1 fully saturated rings. The van der Waals surface area contributed by atoms with Crippen LogP contribution < -0.4 is 4.72 Å². The number of carbonyl (C=O) groups excluding carboxylic acids is 1. The number of sulfonamides is 1. The molecule has 3 rings (SSSR count). The summed E-state index contributed by atoms with van der Waals surface area (Å²) in [4.78, 5) is 14.9. The van der Waals surface area contributed by atoms with Gasteiger partial charge in [-0.3, -0.25) is 4.79 Å². The lowest BCUT2D eigenvalue weighted by molar-refractivity contribution is 0.0735. The Morgan fingerprint density at radius 2 is 1.80 bits per heavy atom. The van der Waals surface area contributed by atoms with E-state index in [1.165, 1.54) is 12.1 Å². The van der Waals surface area contributed by atoms with E-state index in [2.05, 4.69) is 4.72 Å². The van der Waals surface area contributed by atoms with Crippen molar-refractivity contribution in [3.05, 3.63) is 65.7 Å². The molecule has 0 radical (unpaired) electrons. The summed E-state index contributed by atoms with van der Waals surface area (Å²) in [5, 5.41) is 0. The molecule has 6 heteroatoms. The number of hydrogen-bond acceptors (Lipinski definition) is 3. The molecule has 1 aliphatic heterocycles. The van der Waals surface area contributed by atoms with Gasteiger partial charge in [0.05, 0.1) is 10.9 Å². The third-order valence-electron chi connectivity index (χ3n) is 4.44. The van der Waals surface area contributed by atoms with Crippen molar-refractivity contribution in [3.63, 3.8) is 0 Å². The van der Waals surface area contributed by atoms with Gasteiger partial charge in [0.2, 0.25) is 10.0 Å². The van der Waals surface area contributed by atoms with Gasteiger partial charge in [0.25, 0.3) is 5.91 Å². The Bertz CT molecular complexity index is 833. The van der Waals surface area contributed by atoms with Crippen LogP contribution in [0.5, 0.6) is 0 Å². The molecule has 132 valence electrons. The van der Waals surface area contributed by atoms with Crippen molar-refractivity contribution in [1.82, 2.24) is 9.62 Å². The third kappa shape index (κ3) is 3.75. The molecule has 1 N–H and O–H groups in total. The van der Waals surface area contributed by atoms with Crippen LogP contribution in [0.15, 0.2) is 59.5 Å². The van der Waals surface area contributed by atoms with Gasteiger partial charge in [0, 0.05) is 18.7 Å². The fraction of sp³-hybridized carbons (Fsp3) is 0.316. The van der Waals surface area contributed by atoms with E-state index in [4.69, 9.17) is 0 Å². The Labute approximate surface area is 148 Å². The molecule has 0 spiro atoms. The maximum Gasteiger partial charge on any atom is 0.254 e. The van der Waals surface area contributed by atoms with Crippen LogP contribution in [0.2, 0.25) is 0 Å². The van der Waals surface area contributed by atoms with Crippen LogP contribution >= 0.6 is 0 Å². The average Bonchev–Trinajstić information content (AvgIpc) is 3.11. The van der Waals surface area contributed by atoms with Gasteiger partial charge in [-0.05, 0) is 42.7 Å². The molecule has 1 amide bonds. The Morgan fingerprint density at radius 1 is 1.12 bits per heavy atom. The van der Waals surface area contributed by atoms with E-state index in [1.807, 2.05) is 35.2 Å². The summed E-state index contributed by atoms with van der Waals surface area (Å²) in [6.45, 7) is 2.78.